The van der Waals surface area contributed by atoms with Crippen LogP contribution in [0.4, 0.5) is 0 Å². The van der Waals surface area contributed by atoms with Gasteiger partial charge >= 0.3 is 0 Å². The fourth-order valence-corrected chi connectivity index (χ4v) is 2.23. The lowest BCUT2D eigenvalue weighted by Gasteiger charge is -2.37. The molecule has 2 rings (SSSR count). The van der Waals surface area contributed by atoms with Gasteiger partial charge in [0.05, 0.1) is 12.0 Å². The number of carboxylic acids is 1. The zero-order chi connectivity index (χ0) is 12.4. The van der Waals surface area contributed by atoms with Gasteiger partial charge in [0.15, 0.2) is 0 Å². The molecular formula is C12H11ClNO3-. The molecule has 0 N–H and O–H groups in total. The maximum absolute atomic E-state index is 11.6. The van der Waals surface area contributed by atoms with Crippen molar-refractivity contribution in [2.24, 2.45) is 0 Å². The number of carbonyl (C=O) groups is 2. The average molecular weight is 253 g/mol. The largest absolute Gasteiger partial charge is 0.548 e. The third-order valence-corrected chi connectivity index (χ3v) is 3.18. The summed E-state index contributed by atoms with van der Waals surface area (Å²) in [6, 6.07) is 6.55. The number of carboxylic acid groups (broad SMARTS) is 1. The number of rotatable bonds is 2. The van der Waals surface area contributed by atoms with Crippen LogP contribution in [-0.2, 0) is 22.6 Å². The summed E-state index contributed by atoms with van der Waals surface area (Å²) in [5, 5.41) is 11.0. The van der Waals surface area contributed by atoms with E-state index in [-0.39, 0.29) is 24.8 Å². The maximum atomic E-state index is 11.6. The molecule has 90 valence electrons. The lowest BCUT2D eigenvalue weighted by molar-refractivity contribution is -0.311. The molecule has 0 radical (unpaired) electrons. The molecule has 0 saturated carbocycles. The highest BCUT2D eigenvalue weighted by molar-refractivity contribution is 6.27. The molecule has 1 aliphatic rings. The number of amides is 1. The molecule has 1 amide bonds. The second kappa shape index (κ2) is 4.75. The van der Waals surface area contributed by atoms with Crippen LogP contribution in [-0.4, -0.2) is 28.7 Å². The van der Waals surface area contributed by atoms with E-state index < -0.39 is 12.0 Å². The summed E-state index contributed by atoms with van der Waals surface area (Å²) in [5.74, 6) is -1.83. The minimum absolute atomic E-state index is 0.216. The second-order valence-electron chi connectivity index (χ2n) is 3.96. The first-order valence-electron chi connectivity index (χ1n) is 5.26. The molecule has 0 bridgehead atoms. The van der Waals surface area contributed by atoms with Crippen LogP contribution in [0.2, 0.25) is 0 Å². The van der Waals surface area contributed by atoms with Crippen molar-refractivity contribution >= 4 is 23.5 Å². The van der Waals surface area contributed by atoms with E-state index in [1.54, 1.807) is 0 Å². The van der Waals surface area contributed by atoms with Crippen molar-refractivity contribution in [2.45, 2.75) is 19.0 Å². The molecule has 1 aliphatic heterocycles. The number of fused-ring (bicyclic) bond motifs is 1. The molecule has 1 aromatic carbocycles. The van der Waals surface area contributed by atoms with Gasteiger partial charge in [-0.25, -0.2) is 0 Å². The van der Waals surface area contributed by atoms with Crippen molar-refractivity contribution in [1.29, 1.82) is 0 Å². The Bertz CT molecular complexity index is 461. The minimum atomic E-state index is -1.24. The van der Waals surface area contributed by atoms with Crippen molar-refractivity contribution in [2.75, 3.05) is 5.88 Å². The van der Waals surface area contributed by atoms with Gasteiger partial charge in [0.1, 0.15) is 5.88 Å². The molecule has 0 saturated heterocycles. The first kappa shape index (κ1) is 11.9. The van der Waals surface area contributed by atoms with Gasteiger partial charge in [0.2, 0.25) is 5.91 Å². The van der Waals surface area contributed by atoms with Crippen LogP contribution < -0.4 is 5.11 Å². The summed E-state index contributed by atoms with van der Waals surface area (Å²) in [7, 11) is 0. The molecule has 0 spiro atoms. The maximum Gasteiger partial charge on any atom is 0.238 e. The number of aliphatic carboxylic acids is 1. The highest BCUT2D eigenvalue weighted by atomic mass is 35.5. The van der Waals surface area contributed by atoms with E-state index in [9.17, 15) is 14.7 Å². The third-order valence-electron chi connectivity index (χ3n) is 2.96. The Balaban J connectivity index is 2.34. The minimum Gasteiger partial charge on any atom is -0.548 e. The monoisotopic (exact) mass is 252 g/mol. The van der Waals surface area contributed by atoms with Gasteiger partial charge in [-0.15, -0.1) is 11.6 Å². The molecule has 0 aromatic heterocycles. The predicted molar refractivity (Wildman–Crippen MR) is 60.2 cm³/mol. The molecule has 1 aromatic rings. The van der Waals surface area contributed by atoms with Crippen molar-refractivity contribution in [3.63, 3.8) is 0 Å². The summed E-state index contributed by atoms with van der Waals surface area (Å²) < 4.78 is 0. The van der Waals surface area contributed by atoms with E-state index in [0.717, 1.165) is 11.1 Å². The molecule has 0 unspecified atom stereocenters. The number of hydrogen-bond donors (Lipinski definition) is 0. The summed E-state index contributed by atoms with van der Waals surface area (Å²) in [6.07, 6.45) is 0.279. The fraction of sp³-hybridized carbons (Fsp3) is 0.333. The summed E-state index contributed by atoms with van der Waals surface area (Å²) in [4.78, 5) is 23.9. The van der Waals surface area contributed by atoms with Gasteiger partial charge in [-0.1, -0.05) is 24.3 Å². The second-order valence-corrected chi connectivity index (χ2v) is 4.23. The standard InChI is InChI=1S/C12H12ClNO3/c13-6-11(15)14-7-9-4-2-1-3-8(9)5-10(14)12(16)17/h1-4,10H,5-7H2,(H,16,17)/p-1/t10-/m0/s1. The highest BCUT2D eigenvalue weighted by Crippen LogP contribution is 2.23. The lowest BCUT2D eigenvalue weighted by Crippen LogP contribution is -2.53. The van der Waals surface area contributed by atoms with Crippen molar-refractivity contribution < 1.29 is 14.7 Å². The molecule has 1 atom stereocenters. The van der Waals surface area contributed by atoms with E-state index in [0.29, 0.717) is 0 Å². The summed E-state index contributed by atoms with van der Waals surface area (Å²) >= 11 is 5.48. The summed E-state index contributed by atoms with van der Waals surface area (Å²) in [6.45, 7) is 0.278. The molecule has 0 aliphatic carbocycles. The third kappa shape index (κ3) is 2.26. The quantitative estimate of drug-likeness (QED) is 0.693. The van der Waals surface area contributed by atoms with Gasteiger partial charge < -0.3 is 14.8 Å². The van der Waals surface area contributed by atoms with E-state index in [4.69, 9.17) is 11.6 Å². The van der Waals surface area contributed by atoms with E-state index in [2.05, 4.69) is 0 Å². The number of alkyl halides is 1. The van der Waals surface area contributed by atoms with Gasteiger partial charge in [-0.05, 0) is 17.5 Å². The lowest BCUT2D eigenvalue weighted by atomic mass is 9.94. The smallest absolute Gasteiger partial charge is 0.238 e. The van der Waals surface area contributed by atoms with Crippen LogP contribution in [0, 0.1) is 0 Å². The van der Waals surface area contributed by atoms with Crippen LogP contribution in [0.3, 0.4) is 0 Å². The topological polar surface area (TPSA) is 60.4 Å². The number of hydrogen-bond acceptors (Lipinski definition) is 3. The Kier molecular flexibility index (Phi) is 3.33. The first-order valence-corrected chi connectivity index (χ1v) is 5.80. The Labute approximate surface area is 104 Å². The van der Waals surface area contributed by atoms with Crippen molar-refractivity contribution in [1.82, 2.24) is 4.90 Å². The zero-order valence-electron chi connectivity index (χ0n) is 9.06. The molecule has 17 heavy (non-hydrogen) atoms. The van der Waals surface area contributed by atoms with E-state index >= 15 is 0 Å². The summed E-state index contributed by atoms with van der Waals surface area (Å²) in [5.41, 5.74) is 1.91. The van der Waals surface area contributed by atoms with Crippen LogP contribution >= 0.6 is 11.6 Å². The Morgan fingerprint density at radius 2 is 2.00 bits per heavy atom. The zero-order valence-corrected chi connectivity index (χ0v) is 9.81. The van der Waals surface area contributed by atoms with Gasteiger partial charge in [-0.2, -0.15) is 0 Å². The molecule has 1 heterocycles. The average Bonchev–Trinajstić information content (AvgIpc) is 2.36. The van der Waals surface area contributed by atoms with Crippen molar-refractivity contribution in [3.05, 3.63) is 35.4 Å². The molecule has 4 nitrogen and oxygen atoms in total. The highest BCUT2D eigenvalue weighted by Gasteiger charge is 2.29. The fourth-order valence-electron chi connectivity index (χ4n) is 2.07. The number of benzene rings is 1. The molecule has 0 fully saturated rings. The van der Waals surface area contributed by atoms with Crippen LogP contribution in [0.25, 0.3) is 0 Å². The van der Waals surface area contributed by atoms with Crippen LogP contribution in [0.15, 0.2) is 24.3 Å². The van der Waals surface area contributed by atoms with Gasteiger partial charge in [-0.3, -0.25) is 4.79 Å². The Morgan fingerprint density at radius 3 is 2.59 bits per heavy atom. The Hall–Kier alpha value is -1.55. The van der Waals surface area contributed by atoms with E-state index in [1.807, 2.05) is 24.3 Å². The van der Waals surface area contributed by atoms with Crippen LogP contribution in [0.1, 0.15) is 11.1 Å². The van der Waals surface area contributed by atoms with E-state index in [1.165, 1.54) is 4.90 Å². The number of halogens is 1. The SMILES string of the molecule is O=C([O-])[C@@H]1Cc2ccccc2CN1C(=O)CCl. The van der Waals surface area contributed by atoms with Crippen molar-refractivity contribution in [3.8, 4) is 0 Å². The number of nitrogens with zero attached hydrogens (tertiary/aromatic N) is 1. The predicted octanol–water partition coefficient (Wildman–Crippen LogP) is -0.0714. The van der Waals surface area contributed by atoms with Gasteiger partial charge in [0, 0.05) is 6.54 Å². The molecular weight excluding hydrogens is 242 g/mol. The Morgan fingerprint density at radius 1 is 1.35 bits per heavy atom. The molecule has 5 heteroatoms. The first-order chi connectivity index (χ1) is 8.13. The normalized spacial score (nSPS) is 18.6. The number of carbonyl (C=O) groups excluding carboxylic acids is 2. The van der Waals surface area contributed by atoms with Gasteiger partial charge in [0.25, 0.3) is 0 Å². The van der Waals surface area contributed by atoms with Crippen LogP contribution in [0.5, 0.6) is 0 Å².